The summed E-state index contributed by atoms with van der Waals surface area (Å²) in [7, 11) is -4.05. The minimum absolute atomic E-state index is 0.0425. The van der Waals surface area contributed by atoms with Crippen molar-refractivity contribution in [1.82, 2.24) is 0 Å². The molecule has 1 amide bonds. The average molecular weight is 426 g/mol. The minimum atomic E-state index is -4.05. The SMILES string of the molecule is O=C(Nc1cc([N+](=O)[O-])ccc1F)c1ccc2c(c1)S(=O)(=O)c1ccccc1C2=O. The summed E-state index contributed by atoms with van der Waals surface area (Å²) in [6.07, 6.45) is 0. The Kier molecular flexibility index (Phi) is 4.43. The zero-order valence-corrected chi connectivity index (χ0v) is 15.8. The molecule has 0 aromatic heterocycles. The standard InChI is InChI=1S/C20H11FN2O6S/c21-15-8-6-12(23(26)27)10-16(15)22-20(25)11-5-7-14-18(9-11)30(28,29)17-4-2-1-3-13(17)19(14)24/h1-10H,(H,22,25). The van der Waals surface area contributed by atoms with Crippen molar-refractivity contribution < 1.29 is 27.3 Å². The van der Waals surface area contributed by atoms with Gasteiger partial charge in [-0.05, 0) is 36.4 Å². The number of hydrogen-bond donors (Lipinski definition) is 1. The Balaban J connectivity index is 1.74. The topological polar surface area (TPSA) is 123 Å². The number of carbonyl (C=O) groups excluding carboxylic acids is 2. The van der Waals surface area contributed by atoms with Gasteiger partial charge in [0.05, 0.1) is 20.4 Å². The Morgan fingerprint density at radius 3 is 2.40 bits per heavy atom. The van der Waals surface area contributed by atoms with Crippen molar-refractivity contribution in [1.29, 1.82) is 0 Å². The van der Waals surface area contributed by atoms with Crippen LogP contribution in [0.15, 0.2) is 70.5 Å². The van der Waals surface area contributed by atoms with Crippen molar-refractivity contribution in [3.8, 4) is 0 Å². The van der Waals surface area contributed by atoms with Gasteiger partial charge in [0.1, 0.15) is 5.82 Å². The van der Waals surface area contributed by atoms with Crippen LogP contribution in [0.4, 0.5) is 15.8 Å². The largest absolute Gasteiger partial charge is 0.319 e. The maximum atomic E-state index is 13.9. The van der Waals surface area contributed by atoms with Gasteiger partial charge < -0.3 is 5.32 Å². The van der Waals surface area contributed by atoms with Crippen LogP contribution in [-0.4, -0.2) is 25.0 Å². The molecule has 0 radical (unpaired) electrons. The molecule has 0 atom stereocenters. The molecule has 0 aliphatic carbocycles. The van der Waals surface area contributed by atoms with E-state index in [0.29, 0.717) is 0 Å². The van der Waals surface area contributed by atoms with Crippen molar-refractivity contribution in [2.75, 3.05) is 5.32 Å². The van der Waals surface area contributed by atoms with Crippen molar-refractivity contribution in [3.05, 3.63) is 93.3 Å². The number of nitrogens with zero attached hydrogens (tertiary/aromatic N) is 1. The molecule has 8 nitrogen and oxygen atoms in total. The molecule has 1 N–H and O–H groups in total. The molecule has 10 heteroatoms. The van der Waals surface area contributed by atoms with Gasteiger partial charge in [0.15, 0.2) is 5.78 Å². The van der Waals surface area contributed by atoms with Crippen molar-refractivity contribution in [2.24, 2.45) is 0 Å². The predicted molar refractivity (Wildman–Crippen MR) is 103 cm³/mol. The lowest BCUT2D eigenvalue weighted by molar-refractivity contribution is -0.384. The van der Waals surface area contributed by atoms with Gasteiger partial charge in [-0.3, -0.25) is 19.7 Å². The molecule has 0 fully saturated rings. The third kappa shape index (κ3) is 3.03. The highest BCUT2D eigenvalue weighted by molar-refractivity contribution is 7.91. The summed E-state index contributed by atoms with van der Waals surface area (Å²) < 4.78 is 39.8. The number of halogens is 1. The van der Waals surface area contributed by atoms with Crippen LogP contribution in [0.1, 0.15) is 26.3 Å². The summed E-state index contributed by atoms with van der Waals surface area (Å²) in [4.78, 5) is 34.8. The Bertz CT molecular complexity index is 1370. The van der Waals surface area contributed by atoms with Crippen LogP contribution in [0.3, 0.4) is 0 Å². The molecule has 0 saturated heterocycles. The number of fused-ring (bicyclic) bond motifs is 2. The minimum Gasteiger partial charge on any atom is -0.319 e. The van der Waals surface area contributed by atoms with Gasteiger partial charge in [0, 0.05) is 28.8 Å². The molecule has 0 saturated carbocycles. The maximum absolute atomic E-state index is 13.9. The fraction of sp³-hybridized carbons (Fsp3) is 0. The number of nitrogens with one attached hydrogen (secondary N) is 1. The Hall–Kier alpha value is -3.92. The number of non-ortho nitro benzene ring substituents is 1. The predicted octanol–water partition coefficient (Wildman–Crippen LogP) is 3.36. The van der Waals surface area contributed by atoms with E-state index in [4.69, 9.17) is 0 Å². The van der Waals surface area contributed by atoms with Crippen LogP contribution in [0.5, 0.6) is 0 Å². The lowest BCUT2D eigenvalue weighted by atomic mass is 10.0. The summed E-state index contributed by atoms with van der Waals surface area (Å²) in [6.45, 7) is 0. The number of nitro groups is 1. The van der Waals surface area contributed by atoms with Gasteiger partial charge >= 0.3 is 0 Å². The van der Waals surface area contributed by atoms with E-state index in [1.807, 2.05) is 0 Å². The fourth-order valence-electron chi connectivity index (χ4n) is 3.14. The van der Waals surface area contributed by atoms with Crippen LogP contribution in [0.2, 0.25) is 0 Å². The van der Waals surface area contributed by atoms with E-state index in [0.717, 1.165) is 24.3 Å². The normalized spacial score (nSPS) is 13.8. The summed E-state index contributed by atoms with van der Waals surface area (Å²) in [5.41, 5.74) is -1.05. The van der Waals surface area contributed by atoms with E-state index >= 15 is 0 Å². The Labute approximate surface area is 169 Å². The molecular formula is C20H11FN2O6S. The third-order valence-corrected chi connectivity index (χ3v) is 6.46. The van der Waals surface area contributed by atoms with E-state index in [1.165, 1.54) is 30.3 Å². The van der Waals surface area contributed by atoms with E-state index < -0.39 is 43.6 Å². The smallest absolute Gasteiger partial charge is 0.271 e. The first kappa shape index (κ1) is 19.4. The summed E-state index contributed by atoms with van der Waals surface area (Å²) >= 11 is 0. The van der Waals surface area contributed by atoms with Gasteiger partial charge in [-0.15, -0.1) is 0 Å². The van der Waals surface area contributed by atoms with Crippen LogP contribution in [0, 0.1) is 15.9 Å². The zero-order valence-electron chi connectivity index (χ0n) is 15.0. The van der Waals surface area contributed by atoms with E-state index in [-0.39, 0.29) is 26.5 Å². The first-order valence-corrected chi connectivity index (χ1v) is 9.96. The summed E-state index contributed by atoms with van der Waals surface area (Å²) in [5, 5.41) is 13.0. The molecule has 1 aliphatic rings. The molecule has 1 aliphatic heterocycles. The molecule has 3 aromatic carbocycles. The monoisotopic (exact) mass is 426 g/mol. The molecule has 30 heavy (non-hydrogen) atoms. The molecule has 0 bridgehead atoms. The Morgan fingerprint density at radius 2 is 1.67 bits per heavy atom. The number of amides is 1. The first-order valence-electron chi connectivity index (χ1n) is 8.48. The summed E-state index contributed by atoms with van der Waals surface area (Å²) in [5.74, 6) is -2.28. The molecule has 0 spiro atoms. The molecular weight excluding hydrogens is 415 g/mol. The van der Waals surface area contributed by atoms with Crippen LogP contribution in [-0.2, 0) is 9.84 Å². The quantitative estimate of drug-likeness (QED) is 0.396. The second kappa shape index (κ2) is 6.85. The molecule has 4 rings (SSSR count). The first-order chi connectivity index (χ1) is 14.2. The highest BCUT2D eigenvalue weighted by Gasteiger charge is 2.35. The van der Waals surface area contributed by atoms with Crippen LogP contribution < -0.4 is 5.32 Å². The number of ketones is 1. The van der Waals surface area contributed by atoms with E-state index in [2.05, 4.69) is 5.32 Å². The third-order valence-electron chi connectivity index (χ3n) is 4.61. The van der Waals surface area contributed by atoms with Crippen molar-refractivity contribution in [3.63, 3.8) is 0 Å². The van der Waals surface area contributed by atoms with Crippen molar-refractivity contribution in [2.45, 2.75) is 9.79 Å². The second-order valence-corrected chi connectivity index (χ2v) is 8.30. The molecule has 150 valence electrons. The van der Waals surface area contributed by atoms with Crippen LogP contribution >= 0.6 is 0 Å². The van der Waals surface area contributed by atoms with E-state index in [1.54, 1.807) is 6.07 Å². The average Bonchev–Trinajstić information content (AvgIpc) is 2.73. The number of rotatable bonds is 3. The zero-order chi connectivity index (χ0) is 21.6. The number of sulfone groups is 1. The van der Waals surface area contributed by atoms with Crippen molar-refractivity contribution >= 4 is 32.9 Å². The summed E-state index contributed by atoms with van der Waals surface area (Å²) in [6, 6.07) is 11.8. The fourth-order valence-corrected chi connectivity index (χ4v) is 4.82. The number of nitro benzene ring substituents is 1. The molecule has 0 unspecified atom stereocenters. The lowest BCUT2D eigenvalue weighted by Gasteiger charge is -2.19. The molecule has 3 aromatic rings. The lowest BCUT2D eigenvalue weighted by Crippen LogP contribution is -2.21. The van der Waals surface area contributed by atoms with Gasteiger partial charge in [0.2, 0.25) is 9.84 Å². The number of carbonyl (C=O) groups is 2. The van der Waals surface area contributed by atoms with Gasteiger partial charge in [-0.2, -0.15) is 0 Å². The highest BCUT2D eigenvalue weighted by atomic mass is 32.2. The van der Waals surface area contributed by atoms with E-state index in [9.17, 15) is 32.5 Å². The van der Waals surface area contributed by atoms with Crippen LogP contribution in [0.25, 0.3) is 0 Å². The number of benzene rings is 3. The van der Waals surface area contributed by atoms with Gasteiger partial charge in [0.25, 0.3) is 11.6 Å². The highest BCUT2D eigenvalue weighted by Crippen LogP contribution is 2.35. The molecule has 1 heterocycles. The van der Waals surface area contributed by atoms with Gasteiger partial charge in [-0.1, -0.05) is 12.1 Å². The number of anilines is 1. The van der Waals surface area contributed by atoms with Gasteiger partial charge in [-0.25, -0.2) is 12.8 Å². The Morgan fingerprint density at radius 1 is 0.967 bits per heavy atom. The maximum Gasteiger partial charge on any atom is 0.271 e. The number of hydrogen-bond acceptors (Lipinski definition) is 6. The second-order valence-electron chi connectivity index (χ2n) is 6.42.